The minimum Gasteiger partial charge on any atom is -0.354 e. The summed E-state index contributed by atoms with van der Waals surface area (Å²) in [5.41, 5.74) is 0.596. The van der Waals surface area contributed by atoms with E-state index in [1.54, 1.807) is 18.3 Å². The fraction of sp³-hybridized carbons (Fsp3) is 0.167. The SMILES string of the molecule is CCNc1nccc(Nc2ccc(F)cc2Cl)n1. The monoisotopic (exact) mass is 266 g/mol. The van der Waals surface area contributed by atoms with Crippen LogP contribution in [0.3, 0.4) is 0 Å². The molecular weight excluding hydrogens is 255 g/mol. The van der Waals surface area contributed by atoms with Crippen molar-refractivity contribution in [2.45, 2.75) is 6.92 Å². The molecule has 2 rings (SSSR count). The molecule has 4 nitrogen and oxygen atoms in total. The first-order valence-corrected chi connectivity index (χ1v) is 5.86. The van der Waals surface area contributed by atoms with Crippen LogP contribution < -0.4 is 10.6 Å². The molecule has 0 radical (unpaired) electrons. The van der Waals surface area contributed by atoms with Gasteiger partial charge in [-0.15, -0.1) is 0 Å². The van der Waals surface area contributed by atoms with Crippen LogP contribution in [0.4, 0.5) is 21.8 Å². The minimum atomic E-state index is -0.374. The molecule has 0 aliphatic heterocycles. The third-order valence-electron chi connectivity index (χ3n) is 2.18. The van der Waals surface area contributed by atoms with Crippen molar-refractivity contribution in [1.82, 2.24) is 9.97 Å². The highest BCUT2D eigenvalue weighted by molar-refractivity contribution is 6.33. The predicted octanol–water partition coefficient (Wildman–Crippen LogP) is 3.44. The average molecular weight is 267 g/mol. The highest BCUT2D eigenvalue weighted by atomic mass is 35.5. The predicted molar refractivity (Wildman–Crippen MR) is 70.9 cm³/mol. The lowest BCUT2D eigenvalue weighted by Crippen LogP contribution is -2.03. The van der Waals surface area contributed by atoms with Crippen LogP contribution in [-0.4, -0.2) is 16.5 Å². The summed E-state index contributed by atoms with van der Waals surface area (Å²) in [5.74, 6) is 0.747. The van der Waals surface area contributed by atoms with Crippen LogP contribution in [0.5, 0.6) is 0 Å². The Labute approximate surface area is 109 Å². The third-order valence-corrected chi connectivity index (χ3v) is 2.50. The van der Waals surface area contributed by atoms with E-state index in [2.05, 4.69) is 20.6 Å². The molecule has 0 spiro atoms. The van der Waals surface area contributed by atoms with Gasteiger partial charge in [-0.25, -0.2) is 9.37 Å². The molecule has 0 saturated carbocycles. The number of benzene rings is 1. The second-order valence-corrected chi connectivity index (χ2v) is 3.95. The number of halogens is 2. The molecule has 0 saturated heterocycles. The summed E-state index contributed by atoms with van der Waals surface area (Å²) < 4.78 is 12.9. The van der Waals surface area contributed by atoms with Crippen molar-refractivity contribution in [2.24, 2.45) is 0 Å². The number of aromatic nitrogens is 2. The van der Waals surface area contributed by atoms with Gasteiger partial charge in [-0.05, 0) is 31.2 Å². The molecule has 0 amide bonds. The first kappa shape index (κ1) is 12.6. The summed E-state index contributed by atoms with van der Waals surface area (Å²) >= 11 is 5.92. The fourth-order valence-corrected chi connectivity index (χ4v) is 1.61. The van der Waals surface area contributed by atoms with Gasteiger partial charge in [0.1, 0.15) is 11.6 Å². The van der Waals surface area contributed by atoms with Crippen molar-refractivity contribution in [2.75, 3.05) is 17.2 Å². The van der Waals surface area contributed by atoms with E-state index in [1.807, 2.05) is 6.92 Å². The maximum atomic E-state index is 12.9. The van der Waals surface area contributed by atoms with Crippen LogP contribution in [0.25, 0.3) is 0 Å². The molecular formula is C12H12ClFN4. The number of rotatable bonds is 4. The summed E-state index contributed by atoms with van der Waals surface area (Å²) in [6.45, 7) is 2.70. The Kier molecular flexibility index (Phi) is 3.94. The summed E-state index contributed by atoms with van der Waals surface area (Å²) in [4.78, 5) is 8.29. The summed E-state index contributed by atoms with van der Waals surface area (Å²) in [6.07, 6.45) is 1.63. The van der Waals surface area contributed by atoms with Gasteiger partial charge in [0.05, 0.1) is 10.7 Å². The van der Waals surface area contributed by atoms with E-state index >= 15 is 0 Å². The van der Waals surface area contributed by atoms with E-state index in [0.29, 0.717) is 22.5 Å². The van der Waals surface area contributed by atoms with Crippen molar-refractivity contribution < 1.29 is 4.39 Å². The van der Waals surface area contributed by atoms with Crippen LogP contribution in [0.1, 0.15) is 6.92 Å². The second kappa shape index (κ2) is 5.64. The Morgan fingerprint density at radius 1 is 1.33 bits per heavy atom. The van der Waals surface area contributed by atoms with E-state index in [-0.39, 0.29) is 5.82 Å². The van der Waals surface area contributed by atoms with Gasteiger partial charge in [-0.3, -0.25) is 0 Å². The van der Waals surface area contributed by atoms with Gasteiger partial charge < -0.3 is 10.6 Å². The molecule has 2 aromatic rings. The highest BCUT2D eigenvalue weighted by Gasteiger charge is 2.04. The van der Waals surface area contributed by atoms with E-state index in [0.717, 1.165) is 6.54 Å². The molecule has 94 valence electrons. The molecule has 0 unspecified atom stereocenters. The van der Waals surface area contributed by atoms with Gasteiger partial charge in [0.15, 0.2) is 0 Å². The van der Waals surface area contributed by atoms with Crippen LogP contribution in [0.15, 0.2) is 30.5 Å². The van der Waals surface area contributed by atoms with E-state index in [1.165, 1.54) is 12.1 Å². The van der Waals surface area contributed by atoms with Crippen molar-refractivity contribution in [3.05, 3.63) is 41.3 Å². The second-order valence-electron chi connectivity index (χ2n) is 3.54. The Balaban J connectivity index is 2.20. The summed E-state index contributed by atoms with van der Waals surface area (Å²) in [5, 5.41) is 6.31. The summed E-state index contributed by atoms with van der Waals surface area (Å²) in [6, 6.07) is 5.85. The molecule has 1 aromatic heterocycles. The standard InChI is InChI=1S/C12H12ClFN4/c1-2-15-12-16-6-5-11(18-12)17-10-4-3-8(14)7-9(10)13/h3-7H,2H2,1H3,(H2,15,16,17,18). The highest BCUT2D eigenvalue weighted by Crippen LogP contribution is 2.25. The number of hydrogen-bond donors (Lipinski definition) is 2. The number of hydrogen-bond acceptors (Lipinski definition) is 4. The minimum absolute atomic E-state index is 0.304. The zero-order valence-electron chi connectivity index (χ0n) is 9.74. The van der Waals surface area contributed by atoms with Gasteiger partial charge in [-0.2, -0.15) is 4.98 Å². The lowest BCUT2D eigenvalue weighted by molar-refractivity contribution is 0.628. The van der Waals surface area contributed by atoms with E-state index < -0.39 is 0 Å². The third kappa shape index (κ3) is 3.07. The topological polar surface area (TPSA) is 49.8 Å². The van der Waals surface area contributed by atoms with Gasteiger partial charge in [0.25, 0.3) is 0 Å². The van der Waals surface area contributed by atoms with Crippen molar-refractivity contribution in [3.8, 4) is 0 Å². The molecule has 18 heavy (non-hydrogen) atoms. The zero-order chi connectivity index (χ0) is 13.0. The Morgan fingerprint density at radius 2 is 2.17 bits per heavy atom. The maximum Gasteiger partial charge on any atom is 0.224 e. The first-order chi connectivity index (χ1) is 8.69. The van der Waals surface area contributed by atoms with Crippen LogP contribution in [0.2, 0.25) is 5.02 Å². The average Bonchev–Trinajstić information content (AvgIpc) is 2.34. The van der Waals surface area contributed by atoms with Crippen molar-refractivity contribution in [1.29, 1.82) is 0 Å². The van der Waals surface area contributed by atoms with Gasteiger partial charge in [0.2, 0.25) is 5.95 Å². The van der Waals surface area contributed by atoms with Gasteiger partial charge in [-0.1, -0.05) is 11.6 Å². The lowest BCUT2D eigenvalue weighted by atomic mass is 10.3. The molecule has 0 aliphatic carbocycles. The normalized spacial score (nSPS) is 10.2. The molecule has 0 atom stereocenters. The number of nitrogens with one attached hydrogen (secondary N) is 2. The Hall–Kier alpha value is -1.88. The molecule has 1 heterocycles. The van der Waals surface area contributed by atoms with Crippen molar-refractivity contribution in [3.63, 3.8) is 0 Å². The van der Waals surface area contributed by atoms with Crippen molar-refractivity contribution >= 4 is 29.1 Å². The van der Waals surface area contributed by atoms with E-state index in [9.17, 15) is 4.39 Å². The molecule has 0 bridgehead atoms. The summed E-state index contributed by atoms with van der Waals surface area (Å²) in [7, 11) is 0. The number of anilines is 3. The smallest absolute Gasteiger partial charge is 0.224 e. The van der Waals surface area contributed by atoms with Crippen LogP contribution >= 0.6 is 11.6 Å². The van der Waals surface area contributed by atoms with Crippen LogP contribution in [-0.2, 0) is 0 Å². The van der Waals surface area contributed by atoms with Gasteiger partial charge in [0, 0.05) is 12.7 Å². The maximum absolute atomic E-state index is 12.9. The Morgan fingerprint density at radius 3 is 2.89 bits per heavy atom. The largest absolute Gasteiger partial charge is 0.354 e. The molecule has 0 aliphatic rings. The number of nitrogens with zero attached hydrogens (tertiary/aromatic N) is 2. The Bertz CT molecular complexity index is 547. The fourth-order valence-electron chi connectivity index (χ4n) is 1.40. The van der Waals surface area contributed by atoms with Crippen LogP contribution in [0, 0.1) is 5.82 Å². The lowest BCUT2D eigenvalue weighted by Gasteiger charge is -2.08. The molecule has 6 heteroatoms. The quantitative estimate of drug-likeness (QED) is 0.890. The zero-order valence-corrected chi connectivity index (χ0v) is 10.5. The first-order valence-electron chi connectivity index (χ1n) is 5.48. The molecule has 2 N–H and O–H groups in total. The molecule has 0 fully saturated rings. The molecule has 1 aromatic carbocycles. The van der Waals surface area contributed by atoms with E-state index in [4.69, 9.17) is 11.6 Å². The van der Waals surface area contributed by atoms with Gasteiger partial charge >= 0.3 is 0 Å².